The second-order valence-corrected chi connectivity index (χ2v) is 6.59. The van der Waals surface area contributed by atoms with Gasteiger partial charge in [0.25, 0.3) is 0 Å². The van der Waals surface area contributed by atoms with Gasteiger partial charge in [0.15, 0.2) is 6.29 Å². The molecule has 5 N–H and O–H groups in total. The largest absolute Gasteiger partial charge is 0.394 e. The van der Waals surface area contributed by atoms with Gasteiger partial charge in [0.2, 0.25) is 0 Å². The molecule has 1 saturated heterocycles. The zero-order valence-electron chi connectivity index (χ0n) is 13.8. The van der Waals surface area contributed by atoms with E-state index < -0.39 is 48.5 Å². The van der Waals surface area contributed by atoms with Gasteiger partial charge in [0.1, 0.15) is 24.4 Å². The first kappa shape index (κ1) is 20.2. The molecule has 0 amide bonds. The first-order chi connectivity index (χ1) is 10.5. The maximum absolute atomic E-state index is 9.96. The van der Waals surface area contributed by atoms with E-state index in [0.717, 1.165) is 0 Å². The topological polar surface area (TPSA) is 120 Å². The lowest BCUT2D eigenvalue weighted by molar-refractivity contribution is -0.317. The lowest BCUT2D eigenvalue weighted by atomic mass is 9.98. The summed E-state index contributed by atoms with van der Waals surface area (Å²) in [7, 11) is 0. The van der Waals surface area contributed by atoms with Crippen LogP contribution in [0.3, 0.4) is 0 Å². The number of rotatable bonds is 7. The van der Waals surface area contributed by atoms with Gasteiger partial charge in [-0.25, -0.2) is 0 Å². The molecule has 1 fully saturated rings. The standard InChI is InChI=1S/C16H28O7/c1-5-16(4,21)8-6-7-15(2,3)23-14-13(20)12(19)11(18)10(9-17)22-14/h5-7,10-14,17-21H,1,8-9H2,2-4H3/b7-6+/t10-,11-,12+,13-,14+,16-/m1/s1. The quantitative estimate of drug-likeness (QED) is 0.397. The minimum absolute atomic E-state index is 0.331. The second kappa shape index (κ2) is 7.85. The summed E-state index contributed by atoms with van der Waals surface area (Å²) in [6.45, 7) is 8.08. The van der Waals surface area contributed by atoms with Crippen LogP contribution in [0.15, 0.2) is 24.8 Å². The molecule has 0 radical (unpaired) electrons. The molecular formula is C16H28O7. The van der Waals surface area contributed by atoms with Crippen molar-refractivity contribution in [3.8, 4) is 0 Å². The molecule has 1 aliphatic rings. The van der Waals surface area contributed by atoms with Crippen molar-refractivity contribution in [3.63, 3.8) is 0 Å². The van der Waals surface area contributed by atoms with E-state index in [1.165, 1.54) is 6.08 Å². The van der Waals surface area contributed by atoms with Crippen LogP contribution in [0, 0.1) is 0 Å². The Bertz CT molecular complexity index is 417. The second-order valence-electron chi connectivity index (χ2n) is 6.59. The van der Waals surface area contributed by atoms with Gasteiger partial charge in [-0.15, -0.1) is 6.58 Å². The number of hydrogen-bond donors (Lipinski definition) is 5. The summed E-state index contributed by atoms with van der Waals surface area (Å²) in [5, 5.41) is 48.4. The number of hydrogen-bond acceptors (Lipinski definition) is 7. The van der Waals surface area contributed by atoms with Gasteiger partial charge in [0, 0.05) is 0 Å². The van der Waals surface area contributed by atoms with Crippen molar-refractivity contribution in [2.45, 2.75) is 69.1 Å². The summed E-state index contributed by atoms with van der Waals surface area (Å²) in [5.41, 5.74) is -1.90. The monoisotopic (exact) mass is 332 g/mol. The highest BCUT2D eigenvalue weighted by atomic mass is 16.7. The predicted molar refractivity (Wildman–Crippen MR) is 83.5 cm³/mol. The third-order valence-electron chi connectivity index (χ3n) is 3.76. The Morgan fingerprint density at radius 2 is 1.74 bits per heavy atom. The molecule has 0 aromatic heterocycles. The minimum Gasteiger partial charge on any atom is -0.394 e. The van der Waals surface area contributed by atoms with Crippen LogP contribution in [0.4, 0.5) is 0 Å². The van der Waals surface area contributed by atoms with Crippen molar-refractivity contribution < 1.29 is 35.0 Å². The van der Waals surface area contributed by atoms with Crippen molar-refractivity contribution in [1.82, 2.24) is 0 Å². The van der Waals surface area contributed by atoms with Crippen LogP contribution in [0.2, 0.25) is 0 Å². The molecule has 1 heterocycles. The molecule has 1 aliphatic heterocycles. The van der Waals surface area contributed by atoms with E-state index in [1.807, 2.05) is 0 Å². The smallest absolute Gasteiger partial charge is 0.187 e. The molecule has 134 valence electrons. The molecule has 0 bridgehead atoms. The van der Waals surface area contributed by atoms with E-state index in [4.69, 9.17) is 14.6 Å². The molecular weight excluding hydrogens is 304 g/mol. The highest BCUT2D eigenvalue weighted by Crippen LogP contribution is 2.26. The summed E-state index contributed by atoms with van der Waals surface area (Å²) in [4.78, 5) is 0. The molecule has 6 atom stereocenters. The van der Waals surface area contributed by atoms with Crippen LogP contribution in [0.25, 0.3) is 0 Å². The average molecular weight is 332 g/mol. The van der Waals surface area contributed by atoms with Crippen LogP contribution in [-0.4, -0.2) is 74.0 Å². The van der Waals surface area contributed by atoms with Crippen LogP contribution in [0.5, 0.6) is 0 Å². The van der Waals surface area contributed by atoms with Crippen LogP contribution < -0.4 is 0 Å². The Morgan fingerprint density at radius 1 is 1.13 bits per heavy atom. The molecule has 0 saturated carbocycles. The van der Waals surface area contributed by atoms with Crippen molar-refractivity contribution >= 4 is 0 Å². The zero-order chi connectivity index (χ0) is 17.8. The van der Waals surface area contributed by atoms with Gasteiger partial charge >= 0.3 is 0 Å². The van der Waals surface area contributed by atoms with E-state index in [1.54, 1.807) is 32.9 Å². The summed E-state index contributed by atoms with van der Waals surface area (Å²) in [6, 6.07) is 0. The fraction of sp³-hybridized carbons (Fsp3) is 0.750. The molecule has 23 heavy (non-hydrogen) atoms. The van der Waals surface area contributed by atoms with Gasteiger partial charge in [-0.1, -0.05) is 18.2 Å². The first-order valence-corrected chi connectivity index (χ1v) is 7.55. The van der Waals surface area contributed by atoms with Crippen molar-refractivity contribution in [3.05, 3.63) is 24.8 Å². The lowest BCUT2D eigenvalue weighted by Crippen LogP contribution is -2.60. The highest BCUT2D eigenvalue weighted by molar-refractivity contribution is 5.04. The molecule has 7 heteroatoms. The minimum atomic E-state index is -1.48. The Kier molecular flexibility index (Phi) is 6.91. The van der Waals surface area contributed by atoms with Gasteiger partial charge in [-0.3, -0.25) is 0 Å². The maximum Gasteiger partial charge on any atom is 0.187 e. The highest BCUT2D eigenvalue weighted by Gasteiger charge is 2.45. The third kappa shape index (κ3) is 5.65. The average Bonchev–Trinajstić information content (AvgIpc) is 2.47. The van der Waals surface area contributed by atoms with E-state index in [-0.39, 0.29) is 0 Å². The molecule has 0 aromatic rings. The summed E-state index contributed by atoms with van der Waals surface area (Å²) < 4.78 is 10.9. The first-order valence-electron chi connectivity index (χ1n) is 7.55. The third-order valence-corrected chi connectivity index (χ3v) is 3.76. The molecule has 0 unspecified atom stereocenters. The van der Waals surface area contributed by atoms with Crippen molar-refractivity contribution in [1.29, 1.82) is 0 Å². The van der Waals surface area contributed by atoms with Crippen molar-refractivity contribution in [2.24, 2.45) is 0 Å². The Labute approximate surface area is 136 Å². The predicted octanol–water partition coefficient (Wildman–Crippen LogP) is -0.535. The zero-order valence-corrected chi connectivity index (χ0v) is 13.8. The fourth-order valence-corrected chi connectivity index (χ4v) is 2.17. The summed E-state index contributed by atoms with van der Waals surface area (Å²) in [5.74, 6) is 0. The van der Waals surface area contributed by atoms with E-state index in [0.29, 0.717) is 6.42 Å². The lowest BCUT2D eigenvalue weighted by Gasteiger charge is -2.42. The van der Waals surface area contributed by atoms with E-state index >= 15 is 0 Å². The summed E-state index contributed by atoms with van der Waals surface area (Å²) in [6.07, 6.45) is -1.40. The van der Waals surface area contributed by atoms with Crippen LogP contribution >= 0.6 is 0 Å². The van der Waals surface area contributed by atoms with Gasteiger partial charge in [0.05, 0.1) is 17.8 Å². The van der Waals surface area contributed by atoms with Crippen molar-refractivity contribution in [2.75, 3.05) is 6.61 Å². The summed E-state index contributed by atoms with van der Waals surface area (Å²) >= 11 is 0. The van der Waals surface area contributed by atoms with Crippen LogP contribution in [-0.2, 0) is 9.47 Å². The Balaban J connectivity index is 2.71. The molecule has 0 spiro atoms. The SMILES string of the molecule is C=C[C@@](C)(O)C/C=C/C(C)(C)O[C@@H]1O[C@H](CO)[C@@H](O)[C@H](O)[C@H]1O. The number of ether oxygens (including phenoxy) is 2. The van der Waals surface area contributed by atoms with Gasteiger partial charge in [-0.2, -0.15) is 0 Å². The maximum atomic E-state index is 9.96. The molecule has 7 nitrogen and oxygen atoms in total. The number of aliphatic hydroxyl groups is 5. The van der Waals surface area contributed by atoms with Gasteiger partial charge < -0.3 is 35.0 Å². The normalized spacial score (nSPS) is 35.2. The number of aliphatic hydroxyl groups excluding tert-OH is 4. The van der Waals surface area contributed by atoms with E-state index in [2.05, 4.69) is 6.58 Å². The molecule has 0 aromatic carbocycles. The van der Waals surface area contributed by atoms with Crippen LogP contribution in [0.1, 0.15) is 27.2 Å². The Morgan fingerprint density at radius 3 is 2.26 bits per heavy atom. The van der Waals surface area contributed by atoms with E-state index in [9.17, 15) is 20.4 Å². The molecule has 1 rings (SSSR count). The fourth-order valence-electron chi connectivity index (χ4n) is 2.17. The Hall–Kier alpha value is -0.800. The van der Waals surface area contributed by atoms with Gasteiger partial charge in [-0.05, 0) is 27.2 Å². The molecule has 0 aliphatic carbocycles.